The molecule has 0 saturated carbocycles. The number of nitro groups is 1. The van der Waals surface area contributed by atoms with E-state index in [0.717, 1.165) is 12.1 Å². The number of hydrogen-bond acceptors (Lipinski definition) is 5. The summed E-state index contributed by atoms with van der Waals surface area (Å²) in [7, 11) is 0. The van der Waals surface area contributed by atoms with Crippen molar-refractivity contribution in [2.24, 2.45) is 0 Å². The molecule has 1 amide bonds. The minimum atomic E-state index is -0.830. The molecule has 9 heteroatoms. The summed E-state index contributed by atoms with van der Waals surface area (Å²) >= 11 is 5.60. The van der Waals surface area contributed by atoms with Gasteiger partial charge in [0.15, 0.2) is 6.61 Å². The first-order valence-electron chi connectivity index (χ1n) is 7.19. The van der Waals surface area contributed by atoms with E-state index in [-0.39, 0.29) is 16.4 Å². The predicted octanol–water partition coefficient (Wildman–Crippen LogP) is 3.58. The highest BCUT2D eigenvalue weighted by Gasteiger charge is 2.10. The molecule has 0 fully saturated rings. The van der Waals surface area contributed by atoms with Crippen LogP contribution in [0.15, 0.2) is 48.5 Å². The fourth-order valence-corrected chi connectivity index (χ4v) is 2.03. The zero-order valence-electron chi connectivity index (χ0n) is 13.1. The van der Waals surface area contributed by atoms with Gasteiger partial charge in [0.25, 0.3) is 11.6 Å². The molecular weight excluding hydrogens is 367 g/mol. The maximum absolute atomic E-state index is 13.5. The van der Waals surface area contributed by atoms with Gasteiger partial charge in [-0.05, 0) is 29.8 Å². The van der Waals surface area contributed by atoms with Crippen LogP contribution in [0.1, 0.15) is 5.56 Å². The number of halogens is 2. The summed E-state index contributed by atoms with van der Waals surface area (Å²) < 4.78 is 18.3. The summed E-state index contributed by atoms with van der Waals surface area (Å²) in [5.74, 6) is -2.28. The number of carbonyl (C=O) groups is 2. The van der Waals surface area contributed by atoms with Gasteiger partial charge in [-0.25, -0.2) is 9.18 Å². The molecule has 0 saturated heterocycles. The average Bonchev–Trinajstić information content (AvgIpc) is 2.61. The second-order valence-electron chi connectivity index (χ2n) is 4.97. The smallest absolute Gasteiger partial charge is 0.331 e. The monoisotopic (exact) mass is 378 g/mol. The lowest BCUT2D eigenvalue weighted by atomic mass is 10.2. The number of non-ortho nitro benzene ring substituents is 1. The third-order valence-corrected chi connectivity index (χ3v) is 3.28. The van der Waals surface area contributed by atoms with Gasteiger partial charge in [0, 0.05) is 23.2 Å². The van der Waals surface area contributed by atoms with Gasteiger partial charge in [-0.15, -0.1) is 0 Å². The van der Waals surface area contributed by atoms with Crippen LogP contribution in [0.4, 0.5) is 15.8 Å². The summed E-state index contributed by atoms with van der Waals surface area (Å²) in [5, 5.41) is 13.1. The van der Waals surface area contributed by atoms with Crippen LogP contribution in [-0.2, 0) is 14.3 Å². The van der Waals surface area contributed by atoms with Crippen LogP contribution in [-0.4, -0.2) is 23.4 Å². The van der Waals surface area contributed by atoms with Crippen LogP contribution in [0.2, 0.25) is 5.02 Å². The molecule has 2 aromatic rings. The first-order chi connectivity index (χ1) is 12.3. The van der Waals surface area contributed by atoms with Gasteiger partial charge in [0.2, 0.25) is 0 Å². The van der Waals surface area contributed by atoms with Crippen LogP contribution in [0, 0.1) is 15.9 Å². The van der Waals surface area contributed by atoms with Crippen molar-refractivity contribution in [1.82, 2.24) is 0 Å². The van der Waals surface area contributed by atoms with Crippen LogP contribution < -0.4 is 5.32 Å². The van der Waals surface area contributed by atoms with Gasteiger partial charge >= 0.3 is 5.97 Å². The molecule has 0 aliphatic heterocycles. The SMILES string of the molecule is O=C(COC(=O)/C=C/c1cccc([N+](=O)[O-])c1)Nc1ccc(Cl)cc1F. The topological polar surface area (TPSA) is 98.5 Å². The van der Waals surface area contributed by atoms with E-state index in [0.29, 0.717) is 5.56 Å². The van der Waals surface area contributed by atoms with E-state index >= 15 is 0 Å². The number of nitro benzene ring substituents is 1. The highest BCUT2D eigenvalue weighted by Crippen LogP contribution is 2.18. The third kappa shape index (κ3) is 5.67. The molecule has 0 aliphatic carbocycles. The lowest BCUT2D eigenvalue weighted by molar-refractivity contribution is -0.384. The fourth-order valence-electron chi connectivity index (χ4n) is 1.87. The Kier molecular flexibility index (Phi) is 6.40. The van der Waals surface area contributed by atoms with E-state index in [9.17, 15) is 24.1 Å². The third-order valence-electron chi connectivity index (χ3n) is 3.04. The number of esters is 1. The molecular formula is C17H12ClFN2O5. The Balaban J connectivity index is 1.87. The van der Waals surface area contributed by atoms with Crippen LogP contribution in [0.5, 0.6) is 0 Å². The van der Waals surface area contributed by atoms with Gasteiger partial charge in [-0.2, -0.15) is 0 Å². The molecule has 2 aromatic carbocycles. The largest absolute Gasteiger partial charge is 0.452 e. The molecule has 0 radical (unpaired) electrons. The highest BCUT2D eigenvalue weighted by molar-refractivity contribution is 6.30. The Morgan fingerprint density at radius 1 is 1.27 bits per heavy atom. The van der Waals surface area contributed by atoms with Gasteiger partial charge in [-0.1, -0.05) is 23.7 Å². The van der Waals surface area contributed by atoms with E-state index in [1.807, 2.05) is 0 Å². The van der Waals surface area contributed by atoms with E-state index in [4.69, 9.17) is 16.3 Å². The van der Waals surface area contributed by atoms with Crippen LogP contribution in [0.3, 0.4) is 0 Å². The number of benzene rings is 2. The van der Waals surface area contributed by atoms with Crippen molar-refractivity contribution >= 4 is 40.9 Å². The Morgan fingerprint density at radius 3 is 2.73 bits per heavy atom. The van der Waals surface area contributed by atoms with Crippen molar-refractivity contribution in [2.75, 3.05) is 11.9 Å². The van der Waals surface area contributed by atoms with Gasteiger partial charge in [0.05, 0.1) is 10.6 Å². The molecule has 134 valence electrons. The molecule has 0 aliphatic rings. The number of rotatable bonds is 6. The molecule has 0 unspecified atom stereocenters. The minimum Gasteiger partial charge on any atom is -0.452 e. The van der Waals surface area contributed by atoms with Crippen molar-refractivity contribution in [2.45, 2.75) is 0 Å². The molecule has 0 atom stereocenters. The lowest BCUT2D eigenvalue weighted by Crippen LogP contribution is -2.20. The first-order valence-corrected chi connectivity index (χ1v) is 7.57. The van der Waals surface area contributed by atoms with Crippen LogP contribution >= 0.6 is 11.6 Å². The summed E-state index contributed by atoms with van der Waals surface area (Å²) in [5.41, 5.74) is 0.205. The van der Waals surface area contributed by atoms with E-state index in [1.54, 1.807) is 6.07 Å². The normalized spacial score (nSPS) is 10.5. The second kappa shape index (κ2) is 8.72. The van der Waals surface area contributed by atoms with Gasteiger partial charge < -0.3 is 10.1 Å². The maximum atomic E-state index is 13.5. The van der Waals surface area contributed by atoms with Gasteiger partial charge in [0.1, 0.15) is 5.82 Å². The molecule has 1 N–H and O–H groups in total. The summed E-state index contributed by atoms with van der Waals surface area (Å²) in [6.07, 6.45) is 2.33. The Hall–Kier alpha value is -3.26. The molecule has 0 spiro atoms. The number of nitrogens with zero attached hydrogens (tertiary/aromatic N) is 1. The fraction of sp³-hybridized carbons (Fsp3) is 0.0588. The van der Waals surface area contributed by atoms with E-state index in [2.05, 4.69) is 5.32 Å². The van der Waals surface area contributed by atoms with Crippen molar-refractivity contribution in [3.8, 4) is 0 Å². The number of carbonyl (C=O) groups excluding carboxylic acids is 2. The Labute approximate surface area is 152 Å². The first kappa shape index (κ1) is 19.1. The van der Waals surface area contributed by atoms with Crippen molar-refractivity contribution < 1.29 is 23.6 Å². The quantitative estimate of drug-likeness (QED) is 0.358. The summed E-state index contributed by atoms with van der Waals surface area (Å²) in [6.45, 7) is -0.625. The Morgan fingerprint density at radius 2 is 2.04 bits per heavy atom. The molecule has 26 heavy (non-hydrogen) atoms. The van der Waals surface area contributed by atoms with Crippen molar-refractivity contribution in [1.29, 1.82) is 0 Å². The van der Waals surface area contributed by atoms with Crippen molar-refractivity contribution in [3.05, 3.63) is 75.1 Å². The summed E-state index contributed by atoms with van der Waals surface area (Å²) in [6, 6.07) is 9.33. The molecule has 0 heterocycles. The summed E-state index contributed by atoms with van der Waals surface area (Å²) in [4.78, 5) is 33.4. The zero-order valence-corrected chi connectivity index (χ0v) is 13.9. The van der Waals surface area contributed by atoms with Gasteiger partial charge in [-0.3, -0.25) is 14.9 Å². The number of ether oxygens (including phenoxy) is 1. The molecule has 2 rings (SSSR count). The number of amides is 1. The van der Waals surface area contributed by atoms with E-state index < -0.39 is 29.2 Å². The molecule has 0 bridgehead atoms. The molecule has 7 nitrogen and oxygen atoms in total. The average molecular weight is 379 g/mol. The number of hydrogen-bond donors (Lipinski definition) is 1. The lowest BCUT2D eigenvalue weighted by Gasteiger charge is -2.06. The highest BCUT2D eigenvalue weighted by atomic mass is 35.5. The van der Waals surface area contributed by atoms with E-state index in [1.165, 1.54) is 36.4 Å². The second-order valence-corrected chi connectivity index (χ2v) is 5.40. The Bertz CT molecular complexity index is 885. The zero-order chi connectivity index (χ0) is 19.1. The number of anilines is 1. The number of nitrogens with one attached hydrogen (secondary N) is 1. The maximum Gasteiger partial charge on any atom is 0.331 e. The standard InChI is InChI=1S/C17H12ClFN2O5/c18-12-5-6-15(14(19)9-12)20-16(22)10-26-17(23)7-4-11-2-1-3-13(8-11)21(24)25/h1-9H,10H2,(H,20,22)/b7-4+. The van der Waals surface area contributed by atoms with Crippen molar-refractivity contribution in [3.63, 3.8) is 0 Å². The molecule has 0 aromatic heterocycles. The predicted molar refractivity (Wildman–Crippen MR) is 93.1 cm³/mol. The minimum absolute atomic E-state index is 0.0948. The van der Waals surface area contributed by atoms with Crippen LogP contribution in [0.25, 0.3) is 6.08 Å².